The highest BCUT2D eigenvalue weighted by atomic mass is 19.4. The predicted molar refractivity (Wildman–Crippen MR) is 124 cm³/mol. The van der Waals surface area contributed by atoms with Gasteiger partial charge in [0, 0.05) is 26.7 Å². The van der Waals surface area contributed by atoms with Crippen LogP contribution in [0.5, 0.6) is 0 Å². The van der Waals surface area contributed by atoms with Crippen LogP contribution < -0.4 is 0 Å². The number of fused-ring (bicyclic) bond motifs is 2. The van der Waals surface area contributed by atoms with Gasteiger partial charge in [0.15, 0.2) is 12.2 Å². The highest BCUT2D eigenvalue weighted by Gasteiger charge is 2.87. The van der Waals surface area contributed by atoms with E-state index in [2.05, 4.69) is 0 Å². The first-order valence-corrected chi connectivity index (χ1v) is 12.7. The van der Waals surface area contributed by atoms with Crippen molar-refractivity contribution < 1.29 is 60.8 Å². The molecule has 39 heavy (non-hydrogen) atoms. The number of alkyl halides is 3. The van der Waals surface area contributed by atoms with Gasteiger partial charge >= 0.3 is 30.1 Å². The maximum absolute atomic E-state index is 13.3. The number of hydrogen-bond acceptors (Lipinski definition) is 10. The van der Waals surface area contributed by atoms with E-state index in [9.17, 15) is 32.3 Å². The quantitative estimate of drug-likeness (QED) is 0.198. The topological polar surface area (TPSA) is 127 Å². The molecule has 10 nitrogen and oxygen atoms in total. The van der Waals surface area contributed by atoms with Gasteiger partial charge in [-0.25, -0.2) is 4.79 Å². The summed E-state index contributed by atoms with van der Waals surface area (Å²) >= 11 is 0. The summed E-state index contributed by atoms with van der Waals surface area (Å²) in [5.74, 6) is -4.37. The van der Waals surface area contributed by atoms with Gasteiger partial charge in [-0.3, -0.25) is 14.4 Å². The Morgan fingerprint density at radius 1 is 1.10 bits per heavy atom. The lowest BCUT2D eigenvalue weighted by atomic mass is 9.51. The molecule has 2 heterocycles. The van der Waals surface area contributed by atoms with E-state index in [-0.39, 0.29) is 32.0 Å². The molecule has 8 atom stereocenters. The van der Waals surface area contributed by atoms with Gasteiger partial charge in [-0.1, -0.05) is 26.8 Å². The molecule has 0 aromatic rings. The van der Waals surface area contributed by atoms with Crippen LogP contribution in [0.15, 0.2) is 11.6 Å². The van der Waals surface area contributed by atoms with Crippen LogP contribution in [0.2, 0.25) is 0 Å². The van der Waals surface area contributed by atoms with Crippen molar-refractivity contribution in [2.75, 3.05) is 13.2 Å². The first-order valence-electron chi connectivity index (χ1n) is 12.7. The van der Waals surface area contributed by atoms with Crippen molar-refractivity contribution in [1.82, 2.24) is 0 Å². The lowest BCUT2D eigenvalue weighted by Crippen LogP contribution is -2.68. The molecule has 13 heteroatoms. The average Bonchev–Trinajstić information content (AvgIpc) is 3.57. The first-order chi connectivity index (χ1) is 18.0. The summed E-state index contributed by atoms with van der Waals surface area (Å²) in [6.45, 7) is 9.03. The molecule has 8 unspecified atom stereocenters. The van der Waals surface area contributed by atoms with E-state index in [4.69, 9.17) is 28.4 Å². The van der Waals surface area contributed by atoms with E-state index in [1.54, 1.807) is 19.9 Å². The van der Waals surface area contributed by atoms with Gasteiger partial charge in [-0.15, -0.1) is 0 Å². The van der Waals surface area contributed by atoms with Crippen molar-refractivity contribution in [3.8, 4) is 0 Å². The molecule has 0 amide bonds. The van der Waals surface area contributed by atoms with Crippen LogP contribution >= 0.6 is 0 Å². The smallest absolute Gasteiger partial charge is 0.465 e. The van der Waals surface area contributed by atoms with Gasteiger partial charge < -0.3 is 28.4 Å². The fraction of sp³-hybridized carbons (Fsp3) is 0.769. The Balaban J connectivity index is 1.84. The maximum Gasteiger partial charge on any atom is 0.490 e. The average molecular weight is 563 g/mol. The van der Waals surface area contributed by atoms with Crippen molar-refractivity contribution >= 4 is 23.9 Å². The van der Waals surface area contributed by atoms with E-state index in [1.807, 2.05) is 13.8 Å². The molecule has 3 fully saturated rings. The Kier molecular flexibility index (Phi) is 7.33. The van der Waals surface area contributed by atoms with Crippen molar-refractivity contribution in [1.29, 1.82) is 0 Å². The zero-order chi connectivity index (χ0) is 29.1. The third-order valence-corrected chi connectivity index (χ3v) is 8.45. The maximum atomic E-state index is 13.3. The molecule has 4 aliphatic rings. The summed E-state index contributed by atoms with van der Waals surface area (Å²) in [5.41, 5.74) is -3.41. The van der Waals surface area contributed by atoms with E-state index in [0.717, 1.165) is 6.92 Å². The predicted octanol–water partition coefficient (Wildman–Crippen LogP) is 2.81. The largest absolute Gasteiger partial charge is 0.490 e. The second-order valence-corrected chi connectivity index (χ2v) is 11.4. The minimum absolute atomic E-state index is 0.00103. The van der Waals surface area contributed by atoms with Gasteiger partial charge in [0.1, 0.15) is 24.4 Å². The number of halogens is 3. The van der Waals surface area contributed by atoms with Gasteiger partial charge in [0.05, 0.1) is 23.5 Å². The van der Waals surface area contributed by atoms with E-state index in [0.29, 0.717) is 5.57 Å². The molecule has 0 radical (unpaired) electrons. The molecule has 2 aliphatic heterocycles. The number of hydrogen-bond donors (Lipinski definition) is 0. The molecule has 2 aliphatic carbocycles. The Bertz CT molecular complexity index is 1080. The molecule has 4 rings (SSSR count). The third kappa shape index (κ3) is 4.71. The van der Waals surface area contributed by atoms with Crippen LogP contribution in [0.25, 0.3) is 0 Å². The SMILES string of the molecule is CC(=O)OCC12CC(OC(=O)CC(C)C)C(C)=CC1OC1C(OC(=O)C(F)(F)F)C(OC(C)=O)C2(C)C12CO2. The fourth-order valence-electron chi connectivity index (χ4n) is 6.55. The molecule has 0 N–H and O–H groups in total. The number of epoxide rings is 1. The summed E-state index contributed by atoms with van der Waals surface area (Å²) in [7, 11) is 0. The Hall–Kier alpha value is -2.67. The number of rotatable bonds is 7. The van der Waals surface area contributed by atoms with Crippen LogP contribution in [0, 0.1) is 16.7 Å². The summed E-state index contributed by atoms with van der Waals surface area (Å²) in [6.07, 6.45) is -9.54. The highest BCUT2D eigenvalue weighted by molar-refractivity contribution is 5.76. The zero-order valence-corrected chi connectivity index (χ0v) is 22.6. The highest BCUT2D eigenvalue weighted by Crippen LogP contribution is 2.72. The lowest BCUT2D eigenvalue weighted by molar-refractivity contribution is -0.242. The van der Waals surface area contributed by atoms with Crippen molar-refractivity contribution in [2.24, 2.45) is 16.7 Å². The summed E-state index contributed by atoms with van der Waals surface area (Å²) in [4.78, 5) is 48.9. The number of ether oxygens (including phenoxy) is 6. The van der Waals surface area contributed by atoms with Gasteiger partial charge in [0.2, 0.25) is 0 Å². The monoisotopic (exact) mass is 562 g/mol. The van der Waals surface area contributed by atoms with E-state index in [1.165, 1.54) is 6.92 Å². The van der Waals surface area contributed by atoms with Crippen molar-refractivity contribution in [3.05, 3.63) is 11.6 Å². The van der Waals surface area contributed by atoms with Crippen LogP contribution in [0.3, 0.4) is 0 Å². The fourth-order valence-corrected chi connectivity index (χ4v) is 6.55. The molecule has 2 saturated heterocycles. The lowest BCUT2D eigenvalue weighted by Gasteiger charge is -2.58. The second-order valence-electron chi connectivity index (χ2n) is 11.4. The van der Waals surface area contributed by atoms with Crippen molar-refractivity contribution in [3.63, 3.8) is 0 Å². The minimum Gasteiger partial charge on any atom is -0.465 e. The molecule has 218 valence electrons. The van der Waals surface area contributed by atoms with Gasteiger partial charge in [0.25, 0.3) is 0 Å². The second kappa shape index (κ2) is 9.76. The molecule has 2 bridgehead atoms. The van der Waals surface area contributed by atoms with Gasteiger partial charge in [-0.2, -0.15) is 13.2 Å². The van der Waals surface area contributed by atoms with Crippen LogP contribution in [-0.4, -0.2) is 79.4 Å². The molecular weight excluding hydrogens is 529 g/mol. The summed E-state index contributed by atoms with van der Waals surface area (Å²) in [5, 5.41) is 0. The summed E-state index contributed by atoms with van der Waals surface area (Å²) in [6, 6.07) is 0. The number of carbonyl (C=O) groups is 4. The standard InChI is InChI=1S/C26H33F3O10/c1-12(2)7-18(32)37-16-9-24(10-34-14(4)30)17(8-13(16)3)38-21-19(39-22(33)26(27,28)29)20(36-15(5)31)23(24,6)25(21)11-35-25/h8,12,16-17,19-21H,7,9-11H2,1-6H3. The molecule has 0 aromatic carbocycles. The minimum atomic E-state index is -5.32. The Labute approximate surface area is 223 Å². The van der Waals surface area contributed by atoms with Gasteiger partial charge in [-0.05, 0) is 18.4 Å². The Morgan fingerprint density at radius 2 is 1.74 bits per heavy atom. The normalized spacial score (nSPS) is 38.5. The van der Waals surface area contributed by atoms with Crippen LogP contribution in [0.1, 0.15) is 54.4 Å². The number of esters is 4. The molecule has 1 saturated carbocycles. The molecule has 1 spiro atoms. The summed E-state index contributed by atoms with van der Waals surface area (Å²) < 4.78 is 73.8. The Morgan fingerprint density at radius 3 is 2.26 bits per heavy atom. The van der Waals surface area contributed by atoms with Crippen LogP contribution in [0.4, 0.5) is 13.2 Å². The van der Waals surface area contributed by atoms with E-state index < -0.39 is 77.0 Å². The zero-order valence-electron chi connectivity index (χ0n) is 22.6. The van der Waals surface area contributed by atoms with Crippen molar-refractivity contribution in [2.45, 2.75) is 96.7 Å². The third-order valence-electron chi connectivity index (χ3n) is 8.45. The van der Waals surface area contributed by atoms with Crippen LogP contribution in [-0.2, 0) is 47.6 Å². The first kappa shape index (κ1) is 29.3. The molecular formula is C26H33F3O10. The number of carbonyl (C=O) groups excluding carboxylic acids is 4. The van der Waals surface area contributed by atoms with E-state index >= 15 is 0 Å². The molecule has 0 aromatic heterocycles.